The van der Waals surface area contributed by atoms with Crippen molar-refractivity contribution in [2.75, 3.05) is 0 Å². The lowest BCUT2D eigenvalue weighted by molar-refractivity contribution is -0.128. The molecule has 1 amide bonds. The highest BCUT2D eigenvalue weighted by Crippen LogP contribution is 2.36. The number of carbonyl (C=O) groups is 1. The van der Waals surface area contributed by atoms with E-state index in [-0.39, 0.29) is 16.2 Å². The van der Waals surface area contributed by atoms with Crippen LogP contribution in [0, 0.1) is 0 Å². The molecule has 5 heteroatoms. The van der Waals surface area contributed by atoms with Crippen molar-refractivity contribution in [3.8, 4) is 0 Å². The van der Waals surface area contributed by atoms with Gasteiger partial charge in [0.25, 0.3) is 0 Å². The molecule has 1 N–H and O–H groups in total. The summed E-state index contributed by atoms with van der Waals surface area (Å²) in [5, 5.41) is 2.82. The van der Waals surface area contributed by atoms with Crippen molar-refractivity contribution < 1.29 is 9.32 Å². The fourth-order valence-electron chi connectivity index (χ4n) is 2.65. The third-order valence-electron chi connectivity index (χ3n) is 5.54. The SMILES string of the molecule is CCCCC(CC(=O)NO[Si](C)(C)C(C)(C)C)Sc1ccc2ccccc2c1. The average molecular weight is 418 g/mol. The number of thioether (sulfide) groups is 1. The predicted octanol–water partition coefficient (Wildman–Crippen LogP) is 6.93. The van der Waals surface area contributed by atoms with Crippen LogP contribution in [0.5, 0.6) is 0 Å². The first-order valence-corrected chi connectivity index (χ1v) is 14.0. The van der Waals surface area contributed by atoms with Gasteiger partial charge in [-0.05, 0) is 47.5 Å². The van der Waals surface area contributed by atoms with Crippen LogP contribution in [-0.4, -0.2) is 19.5 Å². The lowest BCUT2D eigenvalue weighted by Gasteiger charge is -2.35. The number of amides is 1. The van der Waals surface area contributed by atoms with Crippen molar-refractivity contribution in [2.45, 2.75) is 81.7 Å². The lowest BCUT2D eigenvalue weighted by atomic mass is 10.1. The van der Waals surface area contributed by atoms with Crippen LogP contribution in [0.2, 0.25) is 18.1 Å². The number of fused-ring (bicyclic) bond motifs is 1. The molecule has 0 radical (unpaired) electrons. The van der Waals surface area contributed by atoms with Gasteiger partial charge in [0.2, 0.25) is 14.2 Å². The molecule has 1 unspecified atom stereocenters. The fourth-order valence-corrected chi connectivity index (χ4v) is 4.57. The Hall–Kier alpha value is -1.30. The van der Waals surface area contributed by atoms with Crippen molar-refractivity contribution in [1.82, 2.24) is 5.48 Å². The number of carbonyl (C=O) groups excluding carboxylic acids is 1. The van der Waals surface area contributed by atoms with Crippen molar-refractivity contribution in [3.63, 3.8) is 0 Å². The van der Waals surface area contributed by atoms with Crippen LogP contribution in [0.25, 0.3) is 10.8 Å². The first-order valence-electron chi connectivity index (χ1n) is 10.2. The lowest BCUT2D eigenvalue weighted by Crippen LogP contribution is -2.46. The largest absolute Gasteiger partial charge is 0.320 e. The minimum atomic E-state index is -1.99. The van der Waals surface area contributed by atoms with Gasteiger partial charge < -0.3 is 4.53 Å². The number of benzene rings is 2. The van der Waals surface area contributed by atoms with Gasteiger partial charge in [-0.15, -0.1) is 11.8 Å². The van der Waals surface area contributed by atoms with Gasteiger partial charge in [-0.2, -0.15) is 0 Å². The topological polar surface area (TPSA) is 38.3 Å². The molecule has 0 aliphatic rings. The Balaban J connectivity index is 2.00. The molecule has 2 aromatic rings. The second-order valence-corrected chi connectivity index (χ2v) is 15.1. The zero-order chi connectivity index (χ0) is 20.8. The quantitative estimate of drug-likeness (QED) is 0.273. The van der Waals surface area contributed by atoms with E-state index in [0.717, 1.165) is 19.3 Å². The third-order valence-corrected chi connectivity index (χ3v) is 11.0. The van der Waals surface area contributed by atoms with Gasteiger partial charge in [0.1, 0.15) is 0 Å². The molecule has 154 valence electrons. The van der Waals surface area contributed by atoms with Gasteiger partial charge in [-0.25, -0.2) is 5.48 Å². The highest BCUT2D eigenvalue weighted by Gasteiger charge is 2.38. The van der Waals surface area contributed by atoms with E-state index in [1.165, 1.54) is 15.7 Å². The van der Waals surface area contributed by atoms with E-state index in [1.807, 2.05) is 0 Å². The maximum absolute atomic E-state index is 12.6. The number of hydrogen-bond donors (Lipinski definition) is 1. The molecule has 0 aliphatic carbocycles. The molecule has 0 spiro atoms. The van der Waals surface area contributed by atoms with Gasteiger partial charge in [0.05, 0.1) is 0 Å². The Kier molecular flexibility index (Phi) is 8.16. The van der Waals surface area contributed by atoms with E-state index >= 15 is 0 Å². The number of nitrogens with one attached hydrogen (secondary N) is 1. The number of hydrogen-bond acceptors (Lipinski definition) is 3. The normalized spacial score (nSPS) is 13.5. The predicted molar refractivity (Wildman–Crippen MR) is 124 cm³/mol. The van der Waals surface area contributed by atoms with Gasteiger partial charge in [0.15, 0.2) is 0 Å². The van der Waals surface area contributed by atoms with E-state index in [1.54, 1.807) is 11.8 Å². The summed E-state index contributed by atoms with van der Waals surface area (Å²) in [6, 6.07) is 14.9. The molecule has 3 nitrogen and oxygen atoms in total. The summed E-state index contributed by atoms with van der Waals surface area (Å²) in [6.45, 7) is 13.0. The summed E-state index contributed by atoms with van der Waals surface area (Å²) in [4.78, 5) is 13.8. The minimum Gasteiger partial charge on any atom is -0.320 e. The fraction of sp³-hybridized carbons (Fsp3) is 0.522. The maximum atomic E-state index is 12.6. The van der Waals surface area contributed by atoms with Crippen molar-refractivity contribution in [3.05, 3.63) is 42.5 Å². The summed E-state index contributed by atoms with van der Waals surface area (Å²) < 4.78 is 5.90. The molecular formula is C23H35NO2SSi. The zero-order valence-electron chi connectivity index (χ0n) is 18.2. The van der Waals surface area contributed by atoms with E-state index in [2.05, 4.69) is 88.7 Å². The third kappa shape index (κ3) is 6.64. The summed E-state index contributed by atoms with van der Waals surface area (Å²) >= 11 is 1.81. The number of hydroxylamine groups is 1. The molecular weight excluding hydrogens is 382 g/mol. The van der Waals surface area contributed by atoms with Crippen molar-refractivity contribution >= 4 is 36.8 Å². The first-order chi connectivity index (χ1) is 13.1. The Bertz CT molecular complexity index is 786. The molecule has 0 bridgehead atoms. The first kappa shape index (κ1) is 23.0. The van der Waals surface area contributed by atoms with Gasteiger partial charge in [-0.3, -0.25) is 4.79 Å². The Labute approximate surface area is 175 Å². The molecule has 2 aromatic carbocycles. The molecule has 0 saturated heterocycles. The summed E-state index contributed by atoms with van der Waals surface area (Å²) in [5.74, 6) is -0.0146. The summed E-state index contributed by atoms with van der Waals surface area (Å²) in [6.07, 6.45) is 3.77. The highest BCUT2D eigenvalue weighted by atomic mass is 32.2. The summed E-state index contributed by atoms with van der Waals surface area (Å²) in [7, 11) is -1.99. The van der Waals surface area contributed by atoms with E-state index < -0.39 is 8.32 Å². The number of rotatable bonds is 9. The smallest absolute Gasteiger partial charge is 0.243 e. The van der Waals surface area contributed by atoms with Crippen molar-refractivity contribution in [1.29, 1.82) is 0 Å². The van der Waals surface area contributed by atoms with Crippen LogP contribution >= 0.6 is 11.8 Å². The van der Waals surface area contributed by atoms with Crippen LogP contribution in [0.3, 0.4) is 0 Å². The molecule has 1 atom stereocenters. The second-order valence-electron chi connectivity index (χ2n) is 8.98. The molecule has 0 saturated carbocycles. The van der Waals surface area contributed by atoms with Gasteiger partial charge in [0, 0.05) is 16.6 Å². The van der Waals surface area contributed by atoms with Crippen molar-refractivity contribution in [2.24, 2.45) is 0 Å². The van der Waals surface area contributed by atoms with Crippen LogP contribution in [-0.2, 0) is 9.32 Å². The number of unbranched alkanes of at least 4 members (excludes halogenated alkanes) is 1. The standard InChI is InChI=1S/C23H35NO2SSi/c1-7-8-13-20(17-22(25)24-26-28(5,6)23(2,3)4)27-21-15-14-18-11-9-10-12-19(18)16-21/h9-12,14-16,20H,7-8,13,17H2,1-6H3,(H,24,25). The zero-order valence-corrected chi connectivity index (χ0v) is 20.0. The monoisotopic (exact) mass is 417 g/mol. The maximum Gasteiger partial charge on any atom is 0.243 e. The highest BCUT2D eigenvalue weighted by molar-refractivity contribution is 8.00. The summed E-state index contributed by atoms with van der Waals surface area (Å²) in [5.41, 5.74) is 2.76. The van der Waals surface area contributed by atoms with Gasteiger partial charge >= 0.3 is 0 Å². The van der Waals surface area contributed by atoms with Crippen LogP contribution in [0.4, 0.5) is 0 Å². The molecule has 0 aromatic heterocycles. The van der Waals surface area contributed by atoms with E-state index in [9.17, 15) is 4.79 Å². The Morgan fingerprint density at radius 1 is 1.14 bits per heavy atom. The molecule has 2 rings (SSSR count). The second kappa shape index (κ2) is 9.95. The average Bonchev–Trinajstić information content (AvgIpc) is 2.63. The minimum absolute atomic E-state index is 0.0146. The molecule has 28 heavy (non-hydrogen) atoms. The molecule has 0 fully saturated rings. The molecule has 0 heterocycles. The van der Waals surface area contributed by atoms with Crippen LogP contribution in [0.15, 0.2) is 47.4 Å². The molecule has 0 aliphatic heterocycles. The van der Waals surface area contributed by atoms with Crippen LogP contribution < -0.4 is 5.48 Å². The van der Waals surface area contributed by atoms with Gasteiger partial charge in [-0.1, -0.05) is 70.9 Å². The van der Waals surface area contributed by atoms with E-state index in [4.69, 9.17) is 4.53 Å². The van der Waals surface area contributed by atoms with E-state index in [0.29, 0.717) is 6.42 Å². The Morgan fingerprint density at radius 3 is 2.46 bits per heavy atom. The Morgan fingerprint density at radius 2 is 1.82 bits per heavy atom. The van der Waals surface area contributed by atoms with Crippen LogP contribution in [0.1, 0.15) is 53.4 Å².